The van der Waals surface area contributed by atoms with E-state index in [-0.39, 0.29) is 0 Å². The highest BCUT2D eigenvalue weighted by molar-refractivity contribution is 7.09. The number of nitrogens with one attached hydrogen (secondary N) is 2. The molecule has 2 aromatic rings. The smallest absolute Gasteiger partial charge is 0.191 e. The molecule has 1 aliphatic heterocycles. The van der Waals surface area contributed by atoms with Crippen molar-refractivity contribution in [1.29, 1.82) is 0 Å². The first kappa shape index (κ1) is 19.9. The van der Waals surface area contributed by atoms with Gasteiger partial charge in [-0.05, 0) is 60.8 Å². The van der Waals surface area contributed by atoms with E-state index in [0.717, 1.165) is 32.0 Å². The molecular formula is C22H32N4S. The number of guanidine groups is 1. The van der Waals surface area contributed by atoms with Crippen LogP contribution in [0.2, 0.25) is 0 Å². The SMILES string of the molecule is CN=C(NCc1ccc(CN2CCCC2)cc1)NCC(C)Cc1cccs1. The van der Waals surface area contributed by atoms with Gasteiger partial charge in [-0.3, -0.25) is 9.89 Å². The van der Waals surface area contributed by atoms with Crippen molar-refractivity contribution in [3.63, 3.8) is 0 Å². The van der Waals surface area contributed by atoms with Crippen molar-refractivity contribution in [3.05, 3.63) is 57.8 Å². The first-order chi connectivity index (χ1) is 13.2. The fourth-order valence-electron chi connectivity index (χ4n) is 3.48. The summed E-state index contributed by atoms with van der Waals surface area (Å²) in [5, 5.41) is 9.02. The van der Waals surface area contributed by atoms with Gasteiger partial charge < -0.3 is 10.6 Å². The van der Waals surface area contributed by atoms with Gasteiger partial charge in [0.05, 0.1) is 0 Å². The van der Waals surface area contributed by atoms with Gasteiger partial charge in [0, 0.05) is 31.6 Å². The number of benzene rings is 1. The van der Waals surface area contributed by atoms with Gasteiger partial charge in [-0.15, -0.1) is 11.3 Å². The molecule has 4 nitrogen and oxygen atoms in total. The first-order valence-electron chi connectivity index (χ1n) is 10.00. The summed E-state index contributed by atoms with van der Waals surface area (Å²) in [6, 6.07) is 13.3. The molecule has 1 atom stereocenters. The Kier molecular flexibility index (Phi) is 7.72. The molecule has 1 aromatic carbocycles. The van der Waals surface area contributed by atoms with Crippen molar-refractivity contribution in [1.82, 2.24) is 15.5 Å². The second-order valence-corrected chi connectivity index (χ2v) is 8.53. The summed E-state index contributed by atoms with van der Waals surface area (Å²) < 4.78 is 0. The lowest BCUT2D eigenvalue weighted by molar-refractivity contribution is 0.331. The number of nitrogens with zero attached hydrogens (tertiary/aromatic N) is 2. The maximum absolute atomic E-state index is 4.35. The number of aliphatic imine (C=N–C) groups is 1. The van der Waals surface area contributed by atoms with Crippen molar-refractivity contribution >= 4 is 17.3 Å². The topological polar surface area (TPSA) is 39.7 Å². The molecule has 0 amide bonds. The fraction of sp³-hybridized carbons (Fsp3) is 0.500. The van der Waals surface area contributed by atoms with E-state index in [1.165, 1.54) is 41.9 Å². The molecule has 2 heterocycles. The molecule has 0 bridgehead atoms. The summed E-state index contributed by atoms with van der Waals surface area (Å²) in [6.45, 7) is 7.57. The molecule has 1 aromatic heterocycles. The molecule has 146 valence electrons. The van der Waals surface area contributed by atoms with E-state index in [2.05, 4.69) is 69.2 Å². The van der Waals surface area contributed by atoms with Gasteiger partial charge in [0.1, 0.15) is 0 Å². The summed E-state index contributed by atoms with van der Waals surface area (Å²) in [5.74, 6) is 1.45. The van der Waals surface area contributed by atoms with Gasteiger partial charge in [-0.2, -0.15) is 0 Å². The lowest BCUT2D eigenvalue weighted by atomic mass is 10.1. The van der Waals surface area contributed by atoms with Crippen LogP contribution in [0.4, 0.5) is 0 Å². The van der Waals surface area contributed by atoms with Crippen molar-refractivity contribution in [3.8, 4) is 0 Å². The Hall–Kier alpha value is -1.85. The van der Waals surface area contributed by atoms with Crippen molar-refractivity contribution in [2.24, 2.45) is 10.9 Å². The first-order valence-corrected chi connectivity index (χ1v) is 10.9. The Bertz CT molecular complexity index is 688. The van der Waals surface area contributed by atoms with Crippen LogP contribution >= 0.6 is 11.3 Å². The molecule has 0 radical (unpaired) electrons. The lowest BCUT2D eigenvalue weighted by Crippen LogP contribution is -2.39. The minimum Gasteiger partial charge on any atom is -0.356 e. The van der Waals surface area contributed by atoms with E-state index in [1.807, 2.05) is 18.4 Å². The van der Waals surface area contributed by atoms with Crippen LogP contribution in [-0.2, 0) is 19.5 Å². The number of hydrogen-bond donors (Lipinski definition) is 2. The Labute approximate surface area is 167 Å². The normalized spacial score (nSPS) is 16.4. The third kappa shape index (κ3) is 6.67. The summed E-state index contributed by atoms with van der Waals surface area (Å²) in [4.78, 5) is 8.33. The van der Waals surface area contributed by atoms with Crippen LogP contribution in [0, 0.1) is 5.92 Å². The minimum atomic E-state index is 0.576. The van der Waals surface area contributed by atoms with Gasteiger partial charge in [-0.1, -0.05) is 37.3 Å². The predicted molar refractivity (Wildman–Crippen MR) is 116 cm³/mol. The molecular weight excluding hydrogens is 352 g/mol. The molecule has 0 aliphatic carbocycles. The van der Waals surface area contributed by atoms with Gasteiger partial charge in [-0.25, -0.2) is 0 Å². The van der Waals surface area contributed by atoms with Crippen LogP contribution in [-0.4, -0.2) is 37.5 Å². The molecule has 5 heteroatoms. The zero-order valence-corrected chi connectivity index (χ0v) is 17.4. The number of hydrogen-bond acceptors (Lipinski definition) is 3. The predicted octanol–water partition coefficient (Wildman–Crippen LogP) is 3.89. The molecule has 1 unspecified atom stereocenters. The van der Waals surface area contributed by atoms with Crippen molar-refractivity contribution in [2.75, 3.05) is 26.7 Å². The summed E-state index contributed by atoms with van der Waals surface area (Å²) in [5.41, 5.74) is 2.69. The van der Waals surface area contributed by atoms with Crippen molar-refractivity contribution < 1.29 is 0 Å². The largest absolute Gasteiger partial charge is 0.356 e. The molecule has 1 aliphatic rings. The van der Waals surface area contributed by atoms with Gasteiger partial charge in [0.25, 0.3) is 0 Å². The van der Waals surface area contributed by atoms with E-state index in [0.29, 0.717) is 5.92 Å². The Morgan fingerprint density at radius 1 is 1.11 bits per heavy atom. The highest BCUT2D eigenvalue weighted by Gasteiger charge is 2.11. The maximum Gasteiger partial charge on any atom is 0.191 e. The van der Waals surface area contributed by atoms with Crippen LogP contribution in [0.15, 0.2) is 46.8 Å². The average Bonchev–Trinajstić information content (AvgIpc) is 3.37. The third-order valence-electron chi connectivity index (χ3n) is 5.06. The summed E-state index contributed by atoms with van der Waals surface area (Å²) >= 11 is 1.83. The summed E-state index contributed by atoms with van der Waals surface area (Å²) in [7, 11) is 1.83. The minimum absolute atomic E-state index is 0.576. The van der Waals surface area contributed by atoms with Gasteiger partial charge in [0.15, 0.2) is 5.96 Å². The van der Waals surface area contributed by atoms with Crippen LogP contribution in [0.1, 0.15) is 35.8 Å². The molecule has 3 rings (SSSR count). The van der Waals surface area contributed by atoms with Gasteiger partial charge >= 0.3 is 0 Å². The van der Waals surface area contributed by atoms with E-state index in [4.69, 9.17) is 0 Å². The zero-order chi connectivity index (χ0) is 18.9. The molecule has 0 spiro atoms. The monoisotopic (exact) mass is 384 g/mol. The highest BCUT2D eigenvalue weighted by atomic mass is 32.1. The second kappa shape index (κ2) is 10.5. The molecule has 1 fully saturated rings. The third-order valence-corrected chi connectivity index (χ3v) is 5.96. The lowest BCUT2D eigenvalue weighted by Gasteiger charge is -2.16. The summed E-state index contributed by atoms with van der Waals surface area (Å²) in [6.07, 6.45) is 3.81. The molecule has 27 heavy (non-hydrogen) atoms. The Morgan fingerprint density at radius 3 is 2.52 bits per heavy atom. The number of likely N-dealkylation sites (tertiary alicyclic amines) is 1. The van der Waals surface area contributed by atoms with Gasteiger partial charge in [0.2, 0.25) is 0 Å². The second-order valence-electron chi connectivity index (χ2n) is 7.50. The molecule has 0 saturated carbocycles. The van der Waals surface area contributed by atoms with Crippen LogP contribution in [0.3, 0.4) is 0 Å². The van der Waals surface area contributed by atoms with Crippen LogP contribution < -0.4 is 10.6 Å². The Balaban J connectivity index is 1.39. The van der Waals surface area contributed by atoms with E-state index in [9.17, 15) is 0 Å². The van der Waals surface area contributed by atoms with E-state index >= 15 is 0 Å². The quantitative estimate of drug-likeness (QED) is 0.536. The fourth-order valence-corrected chi connectivity index (χ4v) is 4.35. The van der Waals surface area contributed by atoms with Crippen LogP contribution in [0.5, 0.6) is 0 Å². The van der Waals surface area contributed by atoms with E-state index < -0.39 is 0 Å². The Morgan fingerprint density at radius 2 is 1.85 bits per heavy atom. The number of rotatable bonds is 8. The van der Waals surface area contributed by atoms with Crippen LogP contribution in [0.25, 0.3) is 0 Å². The standard InChI is InChI=1S/C22H32N4S/c1-18(14-21-6-5-13-27-21)15-24-22(23-2)25-16-19-7-9-20(10-8-19)17-26-11-3-4-12-26/h5-10,13,18H,3-4,11-12,14-17H2,1-2H3,(H2,23,24,25). The maximum atomic E-state index is 4.35. The molecule has 2 N–H and O–H groups in total. The van der Waals surface area contributed by atoms with Crippen molar-refractivity contribution in [2.45, 2.75) is 39.3 Å². The highest BCUT2D eigenvalue weighted by Crippen LogP contribution is 2.14. The average molecular weight is 385 g/mol. The van der Waals surface area contributed by atoms with E-state index in [1.54, 1.807) is 0 Å². The molecule has 1 saturated heterocycles. The number of thiophene rings is 1. The zero-order valence-electron chi connectivity index (χ0n) is 16.6.